The van der Waals surface area contributed by atoms with Crippen molar-refractivity contribution in [3.8, 4) is 11.3 Å². The van der Waals surface area contributed by atoms with E-state index in [-0.39, 0.29) is 10.2 Å². The second-order valence-corrected chi connectivity index (χ2v) is 8.44. The molecule has 1 heterocycles. The van der Waals surface area contributed by atoms with E-state index in [2.05, 4.69) is 68.9 Å². The fourth-order valence-corrected chi connectivity index (χ4v) is 2.91. The molecule has 114 valence electrons. The zero-order valence-electron chi connectivity index (χ0n) is 13.5. The number of nitrogens with two attached hydrogens (primary N) is 1. The molecule has 1 aromatic carbocycles. The Hall–Kier alpha value is -1.26. The lowest BCUT2D eigenvalue weighted by molar-refractivity contribution is 0.553. The zero-order valence-corrected chi connectivity index (χ0v) is 14.3. The molecular formula is C17H25N3S. The van der Waals surface area contributed by atoms with Gasteiger partial charge in [0.25, 0.3) is 0 Å². The first-order valence-corrected chi connectivity index (χ1v) is 8.23. The summed E-state index contributed by atoms with van der Waals surface area (Å²) < 4.78 is 0.0395. The predicted molar refractivity (Wildman–Crippen MR) is 92.4 cm³/mol. The summed E-state index contributed by atoms with van der Waals surface area (Å²) >= 11 is 1.75. The van der Waals surface area contributed by atoms with Crippen LogP contribution in [-0.2, 0) is 10.2 Å². The number of H-pyrrole nitrogens is 1. The number of nitrogens with one attached hydrogen (secondary N) is 1. The average molecular weight is 303 g/mol. The Morgan fingerprint density at radius 2 is 1.71 bits per heavy atom. The van der Waals surface area contributed by atoms with E-state index in [0.717, 1.165) is 17.1 Å². The summed E-state index contributed by atoms with van der Waals surface area (Å²) in [6, 6.07) is 8.65. The highest BCUT2D eigenvalue weighted by atomic mass is 32.2. The summed E-state index contributed by atoms with van der Waals surface area (Å²) in [7, 11) is 0. The van der Waals surface area contributed by atoms with Gasteiger partial charge in [0.2, 0.25) is 0 Å². The fourth-order valence-electron chi connectivity index (χ4n) is 2.19. The third-order valence-corrected chi connectivity index (χ3v) is 4.75. The van der Waals surface area contributed by atoms with E-state index in [1.54, 1.807) is 11.8 Å². The number of aromatic amines is 1. The molecule has 2 rings (SSSR count). The Morgan fingerprint density at radius 1 is 1.10 bits per heavy atom. The van der Waals surface area contributed by atoms with Crippen LogP contribution in [0.25, 0.3) is 11.3 Å². The molecule has 0 atom stereocenters. The normalized spacial score (nSPS) is 12.7. The summed E-state index contributed by atoms with van der Waals surface area (Å²) in [5, 5.41) is 0. The van der Waals surface area contributed by atoms with Gasteiger partial charge in [-0.3, -0.25) is 0 Å². The minimum atomic E-state index is 0.0395. The summed E-state index contributed by atoms with van der Waals surface area (Å²) in [6.07, 6.45) is 1.91. The van der Waals surface area contributed by atoms with Crippen molar-refractivity contribution in [3.05, 3.63) is 41.9 Å². The SMILES string of the molecule is CC(C)(C)c1ncc(-c2ccc(C(C)(C)SCN)cc2)[nH]1. The molecule has 0 fully saturated rings. The number of hydrogen-bond donors (Lipinski definition) is 2. The molecule has 0 radical (unpaired) electrons. The zero-order chi connectivity index (χ0) is 15.7. The quantitative estimate of drug-likeness (QED) is 0.830. The van der Waals surface area contributed by atoms with Gasteiger partial charge in [0.15, 0.2) is 0 Å². The molecule has 0 bridgehead atoms. The van der Waals surface area contributed by atoms with Crippen LogP contribution in [0.3, 0.4) is 0 Å². The second kappa shape index (κ2) is 5.85. The Bertz CT molecular complexity index is 591. The molecule has 0 amide bonds. The number of thioether (sulfide) groups is 1. The van der Waals surface area contributed by atoms with Crippen LogP contribution in [0, 0.1) is 0 Å². The molecular weight excluding hydrogens is 278 g/mol. The molecule has 0 aliphatic rings. The first-order chi connectivity index (χ1) is 9.74. The molecule has 4 heteroatoms. The average Bonchev–Trinajstić information content (AvgIpc) is 2.88. The lowest BCUT2D eigenvalue weighted by atomic mass is 9.96. The van der Waals surface area contributed by atoms with Crippen LogP contribution in [0.1, 0.15) is 46.0 Å². The van der Waals surface area contributed by atoms with Crippen molar-refractivity contribution in [2.75, 3.05) is 5.88 Å². The molecule has 1 aromatic heterocycles. The topological polar surface area (TPSA) is 54.7 Å². The third-order valence-electron chi connectivity index (χ3n) is 3.62. The van der Waals surface area contributed by atoms with Crippen molar-refractivity contribution in [2.24, 2.45) is 5.73 Å². The van der Waals surface area contributed by atoms with Gasteiger partial charge in [-0.15, -0.1) is 11.8 Å². The molecule has 2 aromatic rings. The molecule has 0 saturated heterocycles. The Balaban J connectivity index is 2.25. The van der Waals surface area contributed by atoms with Crippen LogP contribution < -0.4 is 5.73 Å². The third kappa shape index (κ3) is 3.69. The number of nitrogens with zero attached hydrogens (tertiary/aromatic N) is 1. The van der Waals surface area contributed by atoms with Crippen molar-refractivity contribution in [2.45, 2.75) is 44.8 Å². The van der Waals surface area contributed by atoms with Gasteiger partial charge in [0, 0.05) is 16.0 Å². The molecule has 3 nitrogen and oxygen atoms in total. The fraction of sp³-hybridized carbons (Fsp3) is 0.471. The molecule has 0 unspecified atom stereocenters. The molecule has 21 heavy (non-hydrogen) atoms. The van der Waals surface area contributed by atoms with Crippen molar-refractivity contribution in [3.63, 3.8) is 0 Å². The molecule has 3 N–H and O–H groups in total. The van der Waals surface area contributed by atoms with Gasteiger partial charge in [-0.2, -0.15) is 0 Å². The maximum absolute atomic E-state index is 5.67. The van der Waals surface area contributed by atoms with Gasteiger partial charge in [0.1, 0.15) is 5.82 Å². The standard InChI is InChI=1S/C17H25N3S/c1-16(2,3)15-19-10-14(20-15)12-6-8-13(9-7-12)17(4,5)21-11-18/h6-10H,11,18H2,1-5H3,(H,19,20). The number of aromatic nitrogens is 2. The highest BCUT2D eigenvalue weighted by Gasteiger charge is 2.21. The van der Waals surface area contributed by atoms with Crippen LogP contribution in [-0.4, -0.2) is 15.8 Å². The van der Waals surface area contributed by atoms with E-state index < -0.39 is 0 Å². The Morgan fingerprint density at radius 3 is 2.19 bits per heavy atom. The van der Waals surface area contributed by atoms with E-state index >= 15 is 0 Å². The van der Waals surface area contributed by atoms with Gasteiger partial charge in [0.05, 0.1) is 11.9 Å². The van der Waals surface area contributed by atoms with Crippen molar-refractivity contribution in [1.82, 2.24) is 9.97 Å². The van der Waals surface area contributed by atoms with E-state index in [4.69, 9.17) is 5.73 Å². The first-order valence-electron chi connectivity index (χ1n) is 7.24. The second-order valence-electron chi connectivity index (χ2n) is 6.79. The van der Waals surface area contributed by atoms with Gasteiger partial charge in [-0.25, -0.2) is 4.98 Å². The largest absolute Gasteiger partial charge is 0.342 e. The monoisotopic (exact) mass is 303 g/mol. The molecule has 0 saturated carbocycles. The summed E-state index contributed by atoms with van der Waals surface area (Å²) in [5.74, 6) is 1.64. The van der Waals surface area contributed by atoms with Crippen LogP contribution in [0.5, 0.6) is 0 Å². The van der Waals surface area contributed by atoms with Gasteiger partial charge >= 0.3 is 0 Å². The number of rotatable bonds is 4. The van der Waals surface area contributed by atoms with Gasteiger partial charge in [-0.05, 0) is 25.0 Å². The van der Waals surface area contributed by atoms with Crippen LogP contribution in [0.2, 0.25) is 0 Å². The minimum absolute atomic E-state index is 0.0395. The van der Waals surface area contributed by atoms with Crippen molar-refractivity contribution in [1.29, 1.82) is 0 Å². The number of hydrogen-bond acceptors (Lipinski definition) is 3. The highest BCUT2D eigenvalue weighted by Crippen LogP contribution is 2.35. The van der Waals surface area contributed by atoms with Crippen LogP contribution >= 0.6 is 11.8 Å². The summed E-state index contributed by atoms with van der Waals surface area (Å²) in [6.45, 7) is 10.9. The lowest BCUT2D eigenvalue weighted by Crippen LogP contribution is -2.15. The minimum Gasteiger partial charge on any atom is -0.342 e. The summed E-state index contributed by atoms with van der Waals surface area (Å²) in [5.41, 5.74) is 9.22. The maximum atomic E-state index is 5.67. The van der Waals surface area contributed by atoms with E-state index in [9.17, 15) is 0 Å². The number of imidazole rings is 1. The van der Waals surface area contributed by atoms with E-state index in [1.165, 1.54) is 5.56 Å². The van der Waals surface area contributed by atoms with E-state index in [0.29, 0.717) is 5.88 Å². The first kappa shape index (κ1) is 16.1. The maximum Gasteiger partial charge on any atom is 0.111 e. The van der Waals surface area contributed by atoms with Crippen LogP contribution in [0.4, 0.5) is 0 Å². The van der Waals surface area contributed by atoms with Gasteiger partial charge in [-0.1, -0.05) is 45.0 Å². The predicted octanol–water partition coefficient (Wildman–Crippen LogP) is 4.26. The Labute approximate surface area is 131 Å². The smallest absolute Gasteiger partial charge is 0.111 e. The molecule has 0 aliphatic carbocycles. The molecule has 0 aliphatic heterocycles. The number of benzene rings is 1. The highest BCUT2D eigenvalue weighted by molar-refractivity contribution is 8.00. The Kier molecular flexibility index (Phi) is 4.49. The van der Waals surface area contributed by atoms with Crippen molar-refractivity contribution >= 4 is 11.8 Å². The van der Waals surface area contributed by atoms with Crippen molar-refractivity contribution < 1.29 is 0 Å². The molecule has 0 spiro atoms. The van der Waals surface area contributed by atoms with Crippen LogP contribution in [0.15, 0.2) is 30.5 Å². The van der Waals surface area contributed by atoms with Gasteiger partial charge < -0.3 is 10.7 Å². The summed E-state index contributed by atoms with van der Waals surface area (Å²) in [4.78, 5) is 7.90. The van der Waals surface area contributed by atoms with E-state index in [1.807, 2.05) is 6.20 Å². The lowest BCUT2D eigenvalue weighted by Gasteiger charge is -2.24.